The van der Waals surface area contributed by atoms with Crippen LogP contribution >= 0.6 is 11.8 Å². The molecule has 2 aliphatic rings. The first kappa shape index (κ1) is 26.8. The lowest BCUT2D eigenvalue weighted by atomic mass is 9.91. The maximum atomic E-state index is 13.6. The van der Waals surface area contributed by atoms with Gasteiger partial charge in [0.15, 0.2) is 0 Å². The highest BCUT2D eigenvalue weighted by Crippen LogP contribution is 2.37. The third kappa shape index (κ3) is 6.63. The predicted molar refractivity (Wildman–Crippen MR) is 142 cm³/mol. The van der Waals surface area contributed by atoms with Crippen molar-refractivity contribution in [1.82, 2.24) is 25.6 Å². The number of amides is 2. The molecule has 12 heteroatoms. The number of anilines is 1. The van der Waals surface area contributed by atoms with Crippen LogP contribution in [-0.2, 0) is 17.5 Å². The van der Waals surface area contributed by atoms with Gasteiger partial charge in [0.2, 0.25) is 5.95 Å². The average molecular weight is 555 g/mol. The molecule has 0 spiro atoms. The highest BCUT2D eigenvalue weighted by atomic mass is 32.2. The number of carbonyl (C=O) groups excluding carboxylic acids is 2. The SMILES string of the molecule is O=C1NC(=O)C(=Cc2ccnc(N[C@H]3CC[C@H](NCc4cccnc4-c4ccccc4C(F)(F)F)CC3)n2)S1. The standard InChI is InChI=1S/C27H25F3N6O2S/c28-27(29,30)21-6-2-1-5-20(21)23-16(4-3-12-31-23)15-33-17-7-9-18(10-8-17)34-25-32-13-11-19(35-25)14-22-24(37)36-26(38)39-22/h1-6,11-14,17-18,33H,7-10,15H2,(H,32,34,35)(H,36,37,38)/t17-,18-. The number of hydrogen-bond acceptors (Lipinski definition) is 8. The molecule has 2 fully saturated rings. The zero-order chi connectivity index (χ0) is 27.4. The minimum absolute atomic E-state index is 0.0759. The number of carbonyl (C=O) groups is 2. The molecule has 202 valence electrons. The molecule has 2 aromatic heterocycles. The van der Waals surface area contributed by atoms with E-state index in [0.29, 0.717) is 29.4 Å². The van der Waals surface area contributed by atoms with Gasteiger partial charge in [-0.3, -0.25) is 19.9 Å². The van der Waals surface area contributed by atoms with Crippen molar-refractivity contribution in [2.24, 2.45) is 0 Å². The number of hydrogen-bond donors (Lipinski definition) is 3. The molecule has 0 radical (unpaired) electrons. The summed E-state index contributed by atoms with van der Waals surface area (Å²) in [5.74, 6) is 0.00531. The third-order valence-electron chi connectivity index (χ3n) is 6.62. The Morgan fingerprint density at radius 1 is 0.974 bits per heavy atom. The number of nitrogens with one attached hydrogen (secondary N) is 3. The predicted octanol–water partition coefficient (Wildman–Crippen LogP) is 5.39. The molecule has 0 unspecified atom stereocenters. The van der Waals surface area contributed by atoms with Crippen LogP contribution in [0.15, 0.2) is 59.8 Å². The number of thioether (sulfide) groups is 1. The van der Waals surface area contributed by atoms with Crippen LogP contribution in [0.5, 0.6) is 0 Å². The van der Waals surface area contributed by atoms with Gasteiger partial charge in [-0.15, -0.1) is 0 Å². The lowest BCUT2D eigenvalue weighted by molar-refractivity contribution is -0.137. The van der Waals surface area contributed by atoms with Gasteiger partial charge in [-0.25, -0.2) is 9.97 Å². The fourth-order valence-electron chi connectivity index (χ4n) is 4.72. The molecular weight excluding hydrogens is 529 g/mol. The van der Waals surface area contributed by atoms with Crippen LogP contribution in [0.25, 0.3) is 17.3 Å². The van der Waals surface area contributed by atoms with Crippen molar-refractivity contribution in [3.8, 4) is 11.3 Å². The number of pyridine rings is 1. The van der Waals surface area contributed by atoms with Crippen LogP contribution < -0.4 is 16.0 Å². The number of benzene rings is 1. The summed E-state index contributed by atoms with van der Waals surface area (Å²) in [6.07, 6.45) is 3.65. The molecule has 3 heterocycles. The Labute approximate surface area is 226 Å². The van der Waals surface area contributed by atoms with E-state index in [1.807, 2.05) is 0 Å². The molecule has 2 amide bonds. The summed E-state index contributed by atoms with van der Waals surface area (Å²) in [7, 11) is 0. The summed E-state index contributed by atoms with van der Waals surface area (Å²) in [4.78, 5) is 36.4. The first-order valence-corrected chi connectivity index (χ1v) is 13.3. The lowest BCUT2D eigenvalue weighted by Crippen LogP contribution is -2.37. The quantitative estimate of drug-likeness (QED) is 0.334. The molecule has 1 aliphatic carbocycles. The summed E-state index contributed by atoms with van der Waals surface area (Å²) in [6.45, 7) is 0.409. The van der Waals surface area contributed by atoms with Gasteiger partial charge >= 0.3 is 6.18 Å². The van der Waals surface area contributed by atoms with E-state index < -0.39 is 22.9 Å². The van der Waals surface area contributed by atoms with E-state index in [1.165, 1.54) is 18.3 Å². The van der Waals surface area contributed by atoms with E-state index in [4.69, 9.17) is 0 Å². The van der Waals surface area contributed by atoms with E-state index in [-0.39, 0.29) is 22.6 Å². The normalized spacial score (nSPS) is 20.7. The van der Waals surface area contributed by atoms with Crippen LogP contribution in [0.1, 0.15) is 42.5 Å². The first-order chi connectivity index (χ1) is 18.8. The minimum atomic E-state index is -4.46. The Balaban J connectivity index is 1.17. The molecule has 0 bridgehead atoms. The average Bonchev–Trinajstić information content (AvgIpc) is 3.24. The molecule has 39 heavy (non-hydrogen) atoms. The van der Waals surface area contributed by atoms with Crippen molar-refractivity contribution in [1.29, 1.82) is 0 Å². The number of nitrogens with zero attached hydrogens (tertiary/aromatic N) is 3. The number of rotatable bonds is 7. The van der Waals surface area contributed by atoms with Crippen LogP contribution in [0.3, 0.4) is 0 Å². The van der Waals surface area contributed by atoms with Gasteiger partial charge in [-0.1, -0.05) is 24.3 Å². The zero-order valence-electron chi connectivity index (χ0n) is 20.7. The maximum absolute atomic E-state index is 13.6. The van der Waals surface area contributed by atoms with Gasteiger partial charge in [0.1, 0.15) is 0 Å². The van der Waals surface area contributed by atoms with Crippen LogP contribution in [0.4, 0.5) is 23.9 Å². The largest absolute Gasteiger partial charge is 0.417 e. The van der Waals surface area contributed by atoms with Gasteiger partial charge in [0.05, 0.1) is 21.9 Å². The smallest absolute Gasteiger partial charge is 0.351 e. The molecule has 3 aromatic rings. The second-order valence-electron chi connectivity index (χ2n) is 9.29. The van der Waals surface area contributed by atoms with Gasteiger partial charge in [-0.05, 0) is 67.3 Å². The van der Waals surface area contributed by atoms with E-state index in [1.54, 1.807) is 36.5 Å². The number of imide groups is 1. The summed E-state index contributed by atoms with van der Waals surface area (Å²) < 4.78 is 40.8. The highest BCUT2D eigenvalue weighted by molar-refractivity contribution is 8.18. The van der Waals surface area contributed by atoms with Crippen molar-refractivity contribution in [2.75, 3.05) is 5.32 Å². The second kappa shape index (κ2) is 11.5. The lowest BCUT2D eigenvalue weighted by Gasteiger charge is -2.30. The van der Waals surface area contributed by atoms with Crippen LogP contribution in [-0.4, -0.2) is 38.2 Å². The summed E-state index contributed by atoms with van der Waals surface area (Å²) in [6, 6.07) is 11.1. The summed E-state index contributed by atoms with van der Waals surface area (Å²) >= 11 is 0.834. The van der Waals surface area contributed by atoms with Crippen LogP contribution in [0, 0.1) is 0 Å². The Morgan fingerprint density at radius 2 is 1.74 bits per heavy atom. The monoisotopic (exact) mass is 554 g/mol. The summed E-state index contributed by atoms with van der Waals surface area (Å²) in [5, 5.41) is 8.64. The second-order valence-corrected chi connectivity index (χ2v) is 10.3. The van der Waals surface area contributed by atoms with Crippen LogP contribution in [0.2, 0.25) is 0 Å². The topological polar surface area (TPSA) is 109 Å². The van der Waals surface area contributed by atoms with Crippen molar-refractivity contribution in [3.05, 3.63) is 76.6 Å². The van der Waals surface area contributed by atoms with Gasteiger partial charge in [0, 0.05) is 36.6 Å². The maximum Gasteiger partial charge on any atom is 0.417 e. The Morgan fingerprint density at radius 3 is 2.49 bits per heavy atom. The van der Waals surface area contributed by atoms with E-state index in [2.05, 4.69) is 30.9 Å². The number of aromatic nitrogens is 3. The van der Waals surface area contributed by atoms with Crippen molar-refractivity contribution >= 4 is 34.9 Å². The Kier molecular flexibility index (Phi) is 7.94. The van der Waals surface area contributed by atoms with Gasteiger partial charge < -0.3 is 10.6 Å². The Hall–Kier alpha value is -3.77. The fourth-order valence-corrected chi connectivity index (χ4v) is 5.38. The van der Waals surface area contributed by atoms with E-state index >= 15 is 0 Å². The molecule has 8 nitrogen and oxygen atoms in total. The Bertz CT molecular complexity index is 1410. The molecule has 0 atom stereocenters. The fraction of sp³-hybridized carbons (Fsp3) is 0.296. The molecule has 1 aliphatic heterocycles. The molecule has 1 aromatic carbocycles. The summed E-state index contributed by atoms with van der Waals surface area (Å²) in [5.41, 5.74) is 0.946. The van der Waals surface area contributed by atoms with E-state index in [0.717, 1.165) is 43.5 Å². The molecule has 3 N–H and O–H groups in total. The van der Waals surface area contributed by atoms with Crippen molar-refractivity contribution in [3.63, 3.8) is 0 Å². The third-order valence-corrected chi connectivity index (χ3v) is 7.43. The van der Waals surface area contributed by atoms with Gasteiger partial charge in [0.25, 0.3) is 11.1 Å². The van der Waals surface area contributed by atoms with Crippen molar-refractivity contribution in [2.45, 2.75) is 50.5 Å². The number of halogens is 3. The highest BCUT2D eigenvalue weighted by Gasteiger charge is 2.34. The zero-order valence-corrected chi connectivity index (χ0v) is 21.5. The number of alkyl halides is 3. The molecular formula is C27H25F3N6O2S. The molecule has 5 rings (SSSR count). The molecule has 1 saturated carbocycles. The van der Waals surface area contributed by atoms with E-state index in [9.17, 15) is 22.8 Å². The van der Waals surface area contributed by atoms with Gasteiger partial charge in [-0.2, -0.15) is 13.2 Å². The first-order valence-electron chi connectivity index (χ1n) is 12.4. The molecule has 1 saturated heterocycles. The van der Waals surface area contributed by atoms with Crippen molar-refractivity contribution < 1.29 is 22.8 Å². The minimum Gasteiger partial charge on any atom is -0.351 e.